The molecule has 7 heteroatoms. The zero-order valence-electron chi connectivity index (χ0n) is 60.9. The minimum atomic E-state index is -0.878. The molecular weight excluding hydrogens is 1090 g/mol. The minimum Gasteiger partial charge on any atom is -0.550 e. The molecule has 0 fully saturated rings. The summed E-state index contributed by atoms with van der Waals surface area (Å²) in [5, 5.41) is 23.0. The number of aliphatic carboxylic acids is 2. The third kappa shape index (κ3) is 75.0. The van der Waals surface area contributed by atoms with E-state index in [-0.39, 0.29) is 62.7 Å². The molecule has 0 aromatic heterocycles. The quantitative estimate of drug-likeness (QED) is 0.0445. The zero-order valence-corrected chi connectivity index (χ0v) is 63.1. The van der Waals surface area contributed by atoms with Crippen LogP contribution in [0.1, 0.15) is 465 Å². The summed E-state index contributed by atoms with van der Waals surface area (Å²) < 4.78 is 0. The standard InChI is InChI=1S/2C40H81NO2.Ca/c2*1-4-7-9-11-13-15-17-19-21-23-25-27-29-31-33-36-41(39(35-6-3)38-40(42)43)37-34-32-30-28-26-24-22-20-18-16-14-12-10-8-5-2;/h2*39H,4-38H2,1-3H3,(H,42,43);/q;;+2/p-2. The van der Waals surface area contributed by atoms with Gasteiger partial charge in [-0.1, -0.05) is 414 Å². The van der Waals surface area contributed by atoms with Crippen molar-refractivity contribution in [1.29, 1.82) is 0 Å². The van der Waals surface area contributed by atoms with Gasteiger partial charge in [0.25, 0.3) is 0 Å². The van der Waals surface area contributed by atoms with Crippen molar-refractivity contribution >= 4 is 49.7 Å². The molecule has 0 radical (unpaired) electrons. The van der Waals surface area contributed by atoms with E-state index in [2.05, 4.69) is 51.3 Å². The maximum atomic E-state index is 11.5. The summed E-state index contributed by atoms with van der Waals surface area (Å²) in [7, 11) is 0. The number of carboxylic acids is 2. The number of hydrogen-bond donors (Lipinski definition) is 0. The van der Waals surface area contributed by atoms with Gasteiger partial charge in [-0.2, -0.15) is 0 Å². The molecular formula is C80H160CaN2O4. The predicted molar refractivity (Wildman–Crippen MR) is 385 cm³/mol. The van der Waals surface area contributed by atoms with Gasteiger partial charge in [0.15, 0.2) is 0 Å². The normalized spacial score (nSPS) is 12.2. The van der Waals surface area contributed by atoms with Gasteiger partial charge in [-0.3, -0.25) is 0 Å². The Morgan fingerprint density at radius 1 is 0.218 bits per heavy atom. The van der Waals surface area contributed by atoms with Crippen molar-refractivity contribution in [2.24, 2.45) is 0 Å². The van der Waals surface area contributed by atoms with Gasteiger partial charge < -0.3 is 29.6 Å². The van der Waals surface area contributed by atoms with Crippen molar-refractivity contribution in [1.82, 2.24) is 9.80 Å². The molecule has 0 aliphatic heterocycles. The average molecular weight is 1250 g/mol. The van der Waals surface area contributed by atoms with Gasteiger partial charge in [-0.05, 0) is 64.7 Å². The summed E-state index contributed by atoms with van der Waals surface area (Å²) in [5.74, 6) is -1.76. The van der Waals surface area contributed by atoms with Crippen molar-refractivity contribution in [2.75, 3.05) is 26.2 Å². The number of carbonyl (C=O) groups is 2. The molecule has 0 saturated carbocycles. The minimum absolute atomic E-state index is 0. The van der Waals surface area contributed by atoms with Crippen molar-refractivity contribution in [3.8, 4) is 0 Å². The Labute approximate surface area is 578 Å². The Balaban J connectivity index is -0.00000160. The molecule has 0 aliphatic carbocycles. The Morgan fingerprint density at radius 2 is 0.345 bits per heavy atom. The SMILES string of the molecule is CCCCCCCCCCCCCCCCCN(CCCCCCCCCCCCCCCCC)C(CCC)CC(=O)[O-].CCCCCCCCCCCCCCCCCN(CCCCCCCCCCCCCCCCC)C(CCC)CC(=O)[O-].[Ca+2]. The molecule has 6 nitrogen and oxygen atoms in total. The van der Waals surface area contributed by atoms with E-state index in [0.29, 0.717) is 0 Å². The van der Waals surface area contributed by atoms with Gasteiger partial charge in [0.1, 0.15) is 0 Å². The van der Waals surface area contributed by atoms with Crippen LogP contribution in [0.5, 0.6) is 0 Å². The molecule has 2 unspecified atom stereocenters. The smallest absolute Gasteiger partial charge is 0.550 e. The Kier molecular flexibility index (Phi) is 84.3. The van der Waals surface area contributed by atoms with E-state index in [1.807, 2.05) is 0 Å². The van der Waals surface area contributed by atoms with E-state index in [0.717, 1.165) is 51.9 Å². The van der Waals surface area contributed by atoms with Gasteiger partial charge >= 0.3 is 37.7 Å². The summed E-state index contributed by atoms with van der Waals surface area (Å²) in [4.78, 5) is 28.0. The first-order valence-corrected chi connectivity index (χ1v) is 40.2. The van der Waals surface area contributed by atoms with Gasteiger partial charge in [-0.25, -0.2) is 0 Å². The van der Waals surface area contributed by atoms with E-state index < -0.39 is 11.9 Å². The van der Waals surface area contributed by atoms with Gasteiger partial charge in [0.2, 0.25) is 0 Å². The molecule has 2 atom stereocenters. The number of hydrogen-bond acceptors (Lipinski definition) is 6. The fraction of sp³-hybridized carbons (Fsp3) is 0.975. The molecule has 0 aromatic rings. The molecule has 0 spiro atoms. The molecule has 0 aromatic carbocycles. The van der Waals surface area contributed by atoms with Crippen LogP contribution in [0.2, 0.25) is 0 Å². The maximum Gasteiger partial charge on any atom is 2.00 e. The number of unbranched alkanes of at least 4 members (excludes halogenated alkanes) is 56. The van der Waals surface area contributed by atoms with Gasteiger partial charge in [-0.15, -0.1) is 0 Å². The van der Waals surface area contributed by atoms with Crippen LogP contribution in [0, 0.1) is 0 Å². The van der Waals surface area contributed by atoms with Crippen LogP contribution in [-0.4, -0.2) is 97.7 Å². The Morgan fingerprint density at radius 3 is 0.460 bits per heavy atom. The fourth-order valence-electron chi connectivity index (χ4n) is 13.6. The molecule has 516 valence electrons. The van der Waals surface area contributed by atoms with E-state index >= 15 is 0 Å². The molecule has 0 N–H and O–H groups in total. The van der Waals surface area contributed by atoms with Gasteiger partial charge in [0, 0.05) is 36.9 Å². The second kappa shape index (κ2) is 80.4. The van der Waals surface area contributed by atoms with Crippen LogP contribution < -0.4 is 10.2 Å². The summed E-state index contributed by atoms with van der Waals surface area (Å²) in [6.45, 7) is 17.8. The first kappa shape index (κ1) is 91.3. The van der Waals surface area contributed by atoms with E-state index in [9.17, 15) is 19.8 Å². The monoisotopic (exact) mass is 1250 g/mol. The summed E-state index contributed by atoms with van der Waals surface area (Å²) in [5.41, 5.74) is 0. The van der Waals surface area contributed by atoms with Crippen LogP contribution in [0.4, 0.5) is 0 Å². The number of carboxylic acid groups (broad SMARTS) is 2. The predicted octanol–water partition coefficient (Wildman–Crippen LogP) is 24.3. The van der Waals surface area contributed by atoms with Crippen LogP contribution in [0.25, 0.3) is 0 Å². The second-order valence-electron chi connectivity index (χ2n) is 27.9. The van der Waals surface area contributed by atoms with E-state index in [4.69, 9.17) is 0 Å². The first-order chi connectivity index (χ1) is 42.3. The van der Waals surface area contributed by atoms with Crippen LogP contribution in [0.15, 0.2) is 0 Å². The molecule has 0 aliphatic rings. The fourth-order valence-corrected chi connectivity index (χ4v) is 13.6. The maximum absolute atomic E-state index is 11.5. The molecule has 0 bridgehead atoms. The zero-order chi connectivity index (χ0) is 63.0. The molecule has 0 amide bonds. The largest absolute Gasteiger partial charge is 2.00 e. The van der Waals surface area contributed by atoms with Crippen LogP contribution in [-0.2, 0) is 9.59 Å². The second-order valence-corrected chi connectivity index (χ2v) is 27.9. The third-order valence-electron chi connectivity index (χ3n) is 19.3. The van der Waals surface area contributed by atoms with Crippen molar-refractivity contribution in [3.05, 3.63) is 0 Å². The Hall–Kier alpha value is 0.120. The summed E-state index contributed by atoms with van der Waals surface area (Å²) in [6, 6.07) is 0.321. The van der Waals surface area contributed by atoms with Crippen molar-refractivity contribution in [3.63, 3.8) is 0 Å². The summed E-state index contributed by atoms with van der Waals surface area (Å²) >= 11 is 0. The van der Waals surface area contributed by atoms with E-state index in [1.165, 1.54) is 385 Å². The number of rotatable bonds is 74. The van der Waals surface area contributed by atoms with Crippen LogP contribution in [0.3, 0.4) is 0 Å². The van der Waals surface area contributed by atoms with E-state index in [1.54, 1.807) is 0 Å². The molecule has 0 rings (SSSR count). The molecule has 87 heavy (non-hydrogen) atoms. The number of nitrogens with zero attached hydrogens (tertiary/aromatic N) is 2. The summed E-state index contributed by atoms with van der Waals surface area (Å²) in [6.07, 6.45) is 87.7. The third-order valence-corrected chi connectivity index (χ3v) is 19.3. The molecule has 0 heterocycles. The van der Waals surface area contributed by atoms with Crippen LogP contribution >= 0.6 is 0 Å². The Bertz CT molecular complexity index is 1110. The van der Waals surface area contributed by atoms with Gasteiger partial charge in [0.05, 0.1) is 0 Å². The molecule has 0 saturated heterocycles. The first-order valence-electron chi connectivity index (χ1n) is 40.2. The number of carbonyl (C=O) groups excluding carboxylic acids is 2. The van der Waals surface area contributed by atoms with Crippen molar-refractivity contribution < 1.29 is 19.8 Å². The van der Waals surface area contributed by atoms with Crippen molar-refractivity contribution in [2.45, 2.75) is 477 Å². The average Bonchev–Trinajstić information content (AvgIpc) is 3.57. The topological polar surface area (TPSA) is 86.7 Å².